The minimum atomic E-state index is 0.473. The van der Waals surface area contributed by atoms with E-state index in [9.17, 15) is 0 Å². The number of nitrogens with zero attached hydrogens (tertiary/aromatic N) is 3. The van der Waals surface area contributed by atoms with Crippen LogP contribution in [-0.4, -0.2) is 15.2 Å². The van der Waals surface area contributed by atoms with Crippen molar-refractivity contribution >= 4 is 23.1 Å². The van der Waals surface area contributed by atoms with Gasteiger partial charge in [-0.25, -0.2) is 0 Å². The highest BCUT2D eigenvalue weighted by molar-refractivity contribution is 5.63. The normalized spacial score (nSPS) is 10.5. The molecule has 24 heavy (non-hydrogen) atoms. The van der Waals surface area contributed by atoms with Gasteiger partial charge in [0.2, 0.25) is 5.95 Å². The van der Waals surface area contributed by atoms with Gasteiger partial charge in [-0.15, -0.1) is 5.10 Å². The zero-order valence-electron chi connectivity index (χ0n) is 14.2. The highest BCUT2D eigenvalue weighted by Gasteiger charge is 2.06. The van der Waals surface area contributed by atoms with E-state index in [0.29, 0.717) is 11.8 Å². The van der Waals surface area contributed by atoms with Crippen molar-refractivity contribution in [1.29, 1.82) is 0 Å². The van der Waals surface area contributed by atoms with Crippen LogP contribution in [0, 0.1) is 13.8 Å². The summed E-state index contributed by atoms with van der Waals surface area (Å²) in [6.07, 6.45) is 2.58. The Bertz CT molecular complexity index is 845. The number of hydrogen-bond acceptors (Lipinski definition) is 5. The lowest BCUT2D eigenvalue weighted by Gasteiger charge is -2.11. The molecule has 3 aromatic rings. The number of para-hydroxylation sites is 1. The molecule has 0 unspecified atom stereocenters. The molecule has 3 rings (SSSR count). The van der Waals surface area contributed by atoms with E-state index in [1.54, 1.807) is 6.20 Å². The lowest BCUT2D eigenvalue weighted by Crippen LogP contribution is -2.04. The van der Waals surface area contributed by atoms with Gasteiger partial charge in [0.15, 0.2) is 5.82 Å². The highest BCUT2D eigenvalue weighted by Crippen LogP contribution is 2.22. The van der Waals surface area contributed by atoms with Crippen molar-refractivity contribution in [3.63, 3.8) is 0 Å². The van der Waals surface area contributed by atoms with Crippen molar-refractivity contribution < 1.29 is 0 Å². The zero-order chi connectivity index (χ0) is 16.9. The van der Waals surface area contributed by atoms with E-state index >= 15 is 0 Å². The molecule has 2 N–H and O–H groups in total. The van der Waals surface area contributed by atoms with Gasteiger partial charge >= 0.3 is 0 Å². The van der Waals surface area contributed by atoms with Crippen LogP contribution in [0.25, 0.3) is 0 Å². The zero-order valence-corrected chi connectivity index (χ0v) is 14.2. The second kappa shape index (κ2) is 7.08. The maximum absolute atomic E-state index is 4.51. The summed E-state index contributed by atoms with van der Waals surface area (Å²) in [5.74, 6) is 1.14. The van der Waals surface area contributed by atoms with Gasteiger partial charge in [-0.2, -0.15) is 10.1 Å². The first-order valence-electron chi connectivity index (χ1n) is 8.04. The Labute approximate surface area is 142 Å². The van der Waals surface area contributed by atoms with Gasteiger partial charge in [0.05, 0.1) is 6.20 Å². The molecule has 0 saturated heterocycles. The maximum Gasteiger partial charge on any atom is 0.249 e. The largest absolute Gasteiger partial charge is 0.339 e. The Morgan fingerprint density at radius 3 is 2.58 bits per heavy atom. The molecule has 0 bridgehead atoms. The standard InChI is InChI=1S/C19H21N5/c1-4-15-7-5-6-8-17(15)21-18-12-20-24-19(23-18)22-16-10-9-13(2)11-14(16)3/h5-12H,4H2,1-3H3,(H2,21,22,23,24). The summed E-state index contributed by atoms with van der Waals surface area (Å²) in [6.45, 7) is 6.26. The van der Waals surface area contributed by atoms with Gasteiger partial charge in [-0.1, -0.05) is 42.8 Å². The Kier molecular flexibility index (Phi) is 4.70. The van der Waals surface area contributed by atoms with Gasteiger partial charge in [0, 0.05) is 11.4 Å². The Morgan fingerprint density at radius 2 is 1.79 bits per heavy atom. The Balaban J connectivity index is 1.81. The predicted octanol–water partition coefficient (Wildman–Crippen LogP) is 4.54. The van der Waals surface area contributed by atoms with Crippen LogP contribution in [-0.2, 0) is 6.42 Å². The van der Waals surface area contributed by atoms with Crippen LogP contribution < -0.4 is 10.6 Å². The number of rotatable bonds is 5. The lowest BCUT2D eigenvalue weighted by atomic mass is 10.1. The molecule has 1 aromatic heterocycles. The molecule has 0 aliphatic heterocycles. The number of hydrogen-bond donors (Lipinski definition) is 2. The molecule has 0 aliphatic rings. The summed E-state index contributed by atoms with van der Waals surface area (Å²) in [6, 6.07) is 14.4. The average molecular weight is 319 g/mol. The first-order chi connectivity index (χ1) is 11.7. The molecule has 0 atom stereocenters. The van der Waals surface area contributed by atoms with Gasteiger partial charge in [-0.05, 0) is 43.5 Å². The number of aromatic nitrogens is 3. The van der Waals surface area contributed by atoms with Crippen molar-refractivity contribution in [2.75, 3.05) is 10.6 Å². The third kappa shape index (κ3) is 3.68. The summed E-state index contributed by atoms with van der Waals surface area (Å²) >= 11 is 0. The minimum absolute atomic E-state index is 0.473. The molecule has 122 valence electrons. The van der Waals surface area contributed by atoms with E-state index in [2.05, 4.69) is 64.8 Å². The van der Waals surface area contributed by atoms with Gasteiger partial charge in [-0.3, -0.25) is 0 Å². The summed E-state index contributed by atoms with van der Waals surface area (Å²) in [7, 11) is 0. The van der Waals surface area contributed by atoms with Gasteiger partial charge in [0.1, 0.15) is 0 Å². The van der Waals surface area contributed by atoms with E-state index in [-0.39, 0.29) is 0 Å². The van der Waals surface area contributed by atoms with Crippen LogP contribution in [0.4, 0.5) is 23.1 Å². The lowest BCUT2D eigenvalue weighted by molar-refractivity contribution is 0.980. The fourth-order valence-electron chi connectivity index (χ4n) is 2.58. The molecular weight excluding hydrogens is 298 g/mol. The third-order valence-corrected chi connectivity index (χ3v) is 3.85. The van der Waals surface area contributed by atoms with Crippen LogP contribution in [0.15, 0.2) is 48.7 Å². The van der Waals surface area contributed by atoms with E-state index in [4.69, 9.17) is 0 Å². The summed E-state index contributed by atoms with van der Waals surface area (Å²) in [5, 5.41) is 14.7. The van der Waals surface area contributed by atoms with E-state index in [1.165, 1.54) is 11.1 Å². The van der Waals surface area contributed by atoms with Crippen LogP contribution in [0.1, 0.15) is 23.6 Å². The second-order valence-electron chi connectivity index (χ2n) is 5.74. The van der Waals surface area contributed by atoms with Crippen molar-refractivity contribution in [3.05, 3.63) is 65.4 Å². The summed E-state index contributed by atoms with van der Waals surface area (Å²) < 4.78 is 0. The van der Waals surface area contributed by atoms with Gasteiger partial charge in [0.25, 0.3) is 0 Å². The minimum Gasteiger partial charge on any atom is -0.339 e. The van der Waals surface area contributed by atoms with E-state index in [0.717, 1.165) is 23.4 Å². The van der Waals surface area contributed by atoms with Crippen molar-refractivity contribution in [2.24, 2.45) is 0 Å². The molecule has 0 aliphatic carbocycles. The highest BCUT2D eigenvalue weighted by atomic mass is 15.3. The molecule has 0 radical (unpaired) electrons. The van der Waals surface area contributed by atoms with Crippen LogP contribution in [0.5, 0.6) is 0 Å². The number of nitrogens with one attached hydrogen (secondary N) is 2. The topological polar surface area (TPSA) is 62.7 Å². The number of aryl methyl sites for hydroxylation is 3. The first kappa shape index (κ1) is 15.9. The molecule has 1 heterocycles. The smallest absolute Gasteiger partial charge is 0.249 e. The SMILES string of the molecule is CCc1ccccc1Nc1cnnc(Nc2ccc(C)cc2C)n1. The number of anilines is 4. The molecule has 0 saturated carbocycles. The molecule has 0 amide bonds. The van der Waals surface area contributed by atoms with Crippen molar-refractivity contribution in [2.45, 2.75) is 27.2 Å². The molecule has 5 heteroatoms. The first-order valence-corrected chi connectivity index (χ1v) is 8.04. The Hall–Kier alpha value is -2.95. The predicted molar refractivity (Wildman–Crippen MR) is 98.1 cm³/mol. The molecular formula is C19H21N5. The molecule has 2 aromatic carbocycles. The molecule has 0 fully saturated rings. The average Bonchev–Trinajstić information content (AvgIpc) is 2.58. The monoisotopic (exact) mass is 319 g/mol. The second-order valence-corrected chi connectivity index (χ2v) is 5.74. The molecule has 5 nitrogen and oxygen atoms in total. The summed E-state index contributed by atoms with van der Waals surface area (Å²) in [5.41, 5.74) is 5.63. The van der Waals surface area contributed by atoms with Crippen LogP contribution in [0.3, 0.4) is 0 Å². The fourth-order valence-corrected chi connectivity index (χ4v) is 2.58. The van der Waals surface area contributed by atoms with Crippen molar-refractivity contribution in [1.82, 2.24) is 15.2 Å². The van der Waals surface area contributed by atoms with Crippen LogP contribution in [0.2, 0.25) is 0 Å². The van der Waals surface area contributed by atoms with Gasteiger partial charge < -0.3 is 10.6 Å². The molecule has 0 spiro atoms. The van der Waals surface area contributed by atoms with Crippen molar-refractivity contribution in [3.8, 4) is 0 Å². The maximum atomic E-state index is 4.51. The third-order valence-electron chi connectivity index (χ3n) is 3.85. The Morgan fingerprint density at radius 1 is 0.958 bits per heavy atom. The van der Waals surface area contributed by atoms with Crippen LogP contribution >= 0.6 is 0 Å². The summed E-state index contributed by atoms with van der Waals surface area (Å²) in [4.78, 5) is 4.51. The van der Waals surface area contributed by atoms with E-state index < -0.39 is 0 Å². The fraction of sp³-hybridized carbons (Fsp3) is 0.211. The number of benzene rings is 2. The van der Waals surface area contributed by atoms with E-state index in [1.807, 2.05) is 24.3 Å². The quantitative estimate of drug-likeness (QED) is 0.723.